The van der Waals surface area contributed by atoms with Crippen LogP contribution in [0.3, 0.4) is 0 Å². The van der Waals surface area contributed by atoms with Gasteiger partial charge in [0.05, 0.1) is 30.2 Å². The van der Waals surface area contributed by atoms with Crippen LogP contribution in [0.15, 0.2) is 36.4 Å². The van der Waals surface area contributed by atoms with Crippen LogP contribution in [0, 0.1) is 0 Å². The lowest BCUT2D eigenvalue weighted by Gasteiger charge is -2.04. The van der Waals surface area contributed by atoms with Gasteiger partial charge in [0.15, 0.2) is 0 Å². The van der Waals surface area contributed by atoms with Gasteiger partial charge in [-0.1, -0.05) is 6.92 Å². The van der Waals surface area contributed by atoms with E-state index < -0.39 is 0 Å². The Morgan fingerprint density at radius 1 is 1.12 bits per heavy atom. The molecule has 0 aliphatic heterocycles. The van der Waals surface area contributed by atoms with Crippen LogP contribution in [0.2, 0.25) is 0 Å². The summed E-state index contributed by atoms with van der Waals surface area (Å²) in [6, 6.07) is 10.4. The summed E-state index contributed by atoms with van der Waals surface area (Å²) >= 11 is 0. The van der Waals surface area contributed by atoms with Gasteiger partial charge in [0.1, 0.15) is 16.8 Å². The number of nitrogen functional groups attached to an aromatic ring is 1. The number of aromatic nitrogens is 3. The number of fused-ring (bicyclic) bond motifs is 1. The number of nitrogens with two attached hydrogens (primary N) is 1. The van der Waals surface area contributed by atoms with Gasteiger partial charge >= 0.3 is 5.97 Å². The molecule has 0 amide bonds. The Kier molecular flexibility index (Phi) is 4.83. The molecule has 0 unspecified atom stereocenters. The summed E-state index contributed by atoms with van der Waals surface area (Å²) in [5.74, 6) is 0.261. The molecule has 0 aliphatic carbocycles. The largest absolute Gasteiger partial charge is 0.492 e. The number of benzene rings is 2. The van der Waals surface area contributed by atoms with Crippen molar-refractivity contribution in [2.45, 2.75) is 20.3 Å². The van der Waals surface area contributed by atoms with E-state index in [4.69, 9.17) is 15.2 Å². The minimum absolute atomic E-state index is 0.332. The third-order valence-corrected chi connectivity index (χ3v) is 3.58. The Morgan fingerprint density at radius 3 is 2.44 bits per heavy atom. The molecule has 0 saturated heterocycles. The molecule has 0 fully saturated rings. The SMILES string of the molecule is CCCOC(=O)c1ccc(-n2nc3cc(N)c(OCC)cc3n2)cc1. The van der Waals surface area contributed by atoms with Crippen LogP contribution in [0.4, 0.5) is 5.69 Å². The first-order chi connectivity index (χ1) is 12.1. The number of hydrogen-bond donors (Lipinski definition) is 1. The summed E-state index contributed by atoms with van der Waals surface area (Å²) in [4.78, 5) is 13.3. The molecular formula is C18H20N4O3. The Hall–Kier alpha value is -3.09. The molecule has 3 rings (SSSR count). The molecule has 0 radical (unpaired) electrons. The van der Waals surface area contributed by atoms with Crippen LogP contribution >= 0.6 is 0 Å². The molecular weight excluding hydrogens is 320 g/mol. The summed E-state index contributed by atoms with van der Waals surface area (Å²) in [6.45, 7) is 4.79. The minimum Gasteiger partial charge on any atom is -0.492 e. The van der Waals surface area contributed by atoms with Crippen molar-refractivity contribution in [3.63, 3.8) is 0 Å². The number of carbonyl (C=O) groups excluding carboxylic acids is 1. The summed E-state index contributed by atoms with van der Waals surface area (Å²) < 4.78 is 10.6. The summed E-state index contributed by atoms with van der Waals surface area (Å²) in [6.07, 6.45) is 0.792. The van der Waals surface area contributed by atoms with E-state index in [1.54, 1.807) is 36.4 Å². The van der Waals surface area contributed by atoms with Gasteiger partial charge in [-0.3, -0.25) is 0 Å². The molecule has 0 saturated carbocycles. The van der Waals surface area contributed by atoms with E-state index in [0.717, 1.165) is 12.1 Å². The van der Waals surface area contributed by atoms with Crippen LogP contribution < -0.4 is 10.5 Å². The topological polar surface area (TPSA) is 92.3 Å². The van der Waals surface area contributed by atoms with Crippen molar-refractivity contribution >= 4 is 22.7 Å². The number of esters is 1. The highest BCUT2D eigenvalue weighted by Gasteiger charge is 2.11. The molecule has 130 valence electrons. The molecule has 2 aromatic carbocycles. The normalized spacial score (nSPS) is 10.8. The van der Waals surface area contributed by atoms with Crippen LogP contribution in [0.1, 0.15) is 30.6 Å². The molecule has 0 aliphatic rings. The zero-order valence-electron chi connectivity index (χ0n) is 14.2. The first kappa shape index (κ1) is 16.8. The zero-order chi connectivity index (χ0) is 17.8. The predicted octanol–water partition coefficient (Wildman–Crippen LogP) is 2.97. The fourth-order valence-electron chi connectivity index (χ4n) is 2.37. The molecule has 0 spiro atoms. The van der Waals surface area contributed by atoms with Crippen molar-refractivity contribution in [3.05, 3.63) is 42.0 Å². The Balaban J connectivity index is 1.87. The van der Waals surface area contributed by atoms with E-state index in [9.17, 15) is 4.79 Å². The first-order valence-corrected chi connectivity index (χ1v) is 8.19. The van der Waals surface area contributed by atoms with Gasteiger partial charge in [-0.15, -0.1) is 10.2 Å². The fraction of sp³-hybridized carbons (Fsp3) is 0.278. The van der Waals surface area contributed by atoms with E-state index in [1.807, 2.05) is 13.8 Å². The number of anilines is 1. The maximum atomic E-state index is 11.8. The zero-order valence-corrected chi connectivity index (χ0v) is 14.2. The van der Waals surface area contributed by atoms with Crippen LogP contribution in [-0.2, 0) is 4.74 Å². The van der Waals surface area contributed by atoms with E-state index in [1.165, 1.54) is 4.80 Å². The summed E-state index contributed by atoms with van der Waals surface area (Å²) in [5, 5.41) is 8.87. The Morgan fingerprint density at radius 2 is 1.80 bits per heavy atom. The van der Waals surface area contributed by atoms with Gasteiger partial charge in [-0.05, 0) is 43.7 Å². The molecule has 7 nitrogen and oxygen atoms in total. The Labute approximate surface area is 145 Å². The number of rotatable bonds is 6. The van der Waals surface area contributed by atoms with Crippen molar-refractivity contribution in [1.29, 1.82) is 0 Å². The van der Waals surface area contributed by atoms with Crippen molar-refractivity contribution in [2.75, 3.05) is 18.9 Å². The quantitative estimate of drug-likeness (QED) is 0.548. The highest BCUT2D eigenvalue weighted by Crippen LogP contribution is 2.26. The van der Waals surface area contributed by atoms with Gasteiger partial charge in [0.25, 0.3) is 0 Å². The van der Waals surface area contributed by atoms with E-state index >= 15 is 0 Å². The van der Waals surface area contributed by atoms with E-state index in [-0.39, 0.29) is 5.97 Å². The van der Waals surface area contributed by atoms with Gasteiger partial charge in [-0.25, -0.2) is 4.79 Å². The molecule has 7 heteroatoms. The third-order valence-electron chi connectivity index (χ3n) is 3.58. The maximum absolute atomic E-state index is 11.8. The lowest BCUT2D eigenvalue weighted by atomic mass is 10.2. The molecule has 1 aromatic heterocycles. The van der Waals surface area contributed by atoms with Crippen molar-refractivity contribution < 1.29 is 14.3 Å². The molecule has 0 atom stereocenters. The van der Waals surface area contributed by atoms with E-state index in [0.29, 0.717) is 41.2 Å². The number of carbonyl (C=O) groups is 1. The van der Waals surface area contributed by atoms with Gasteiger partial charge in [0.2, 0.25) is 0 Å². The lowest BCUT2D eigenvalue weighted by Crippen LogP contribution is -2.06. The number of nitrogens with zero attached hydrogens (tertiary/aromatic N) is 3. The molecule has 25 heavy (non-hydrogen) atoms. The van der Waals surface area contributed by atoms with E-state index in [2.05, 4.69) is 10.2 Å². The second kappa shape index (κ2) is 7.21. The summed E-state index contributed by atoms with van der Waals surface area (Å²) in [5.41, 5.74) is 9.07. The smallest absolute Gasteiger partial charge is 0.338 e. The second-order valence-corrected chi connectivity index (χ2v) is 5.48. The van der Waals surface area contributed by atoms with Crippen molar-refractivity contribution in [1.82, 2.24) is 15.0 Å². The van der Waals surface area contributed by atoms with Crippen LogP contribution in [-0.4, -0.2) is 34.2 Å². The van der Waals surface area contributed by atoms with Crippen molar-refractivity contribution in [2.24, 2.45) is 0 Å². The average molecular weight is 340 g/mol. The highest BCUT2D eigenvalue weighted by atomic mass is 16.5. The standard InChI is InChI=1S/C18H20N4O3/c1-3-9-25-18(23)12-5-7-13(8-6-12)22-20-15-10-14(19)17(24-4-2)11-16(15)21-22/h5-8,10-11H,3-4,9,19H2,1-2H3. The lowest BCUT2D eigenvalue weighted by molar-refractivity contribution is 0.0505. The monoisotopic (exact) mass is 340 g/mol. The third kappa shape index (κ3) is 3.55. The van der Waals surface area contributed by atoms with Crippen LogP contribution in [0.5, 0.6) is 5.75 Å². The molecule has 2 N–H and O–H groups in total. The average Bonchev–Trinajstić information content (AvgIpc) is 3.03. The van der Waals surface area contributed by atoms with Gasteiger partial charge in [0, 0.05) is 6.07 Å². The van der Waals surface area contributed by atoms with Gasteiger partial charge < -0.3 is 15.2 Å². The highest BCUT2D eigenvalue weighted by molar-refractivity contribution is 5.89. The fourth-order valence-corrected chi connectivity index (χ4v) is 2.37. The predicted molar refractivity (Wildman–Crippen MR) is 95.0 cm³/mol. The number of ether oxygens (including phenoxy) is 2. The number of hydrogen-bond acceptors (Lipinski definition) is 6. The summed E-state index contributed by atoms with van der Waals surface area (Å²) in [7, 11) is 0. The minimum atomic E-state index is -0.332. The first-order valence-electron chi connectivity index (χ1n) is 8.19. The van der Waals surface area contributed by atoms with Crippen LogP contribution in [0.25, 0.3) is 16.7 Å². The van der Waals surface area contributed by atoms with Crippen molar-refractivity contribution in [3.8, 4) is 11.4 Å². The molecule has 0 bridgehead atoms. The molecule has 1 heterocycles. The second-order valence-electron chi connectivity index (χ2n) is 5.48. The maximum Gasteiger partial charge on any atom is 0.338 e. The molecule has 3 aromatic rings. The van der Waals surface area contributed by atoms with Gasteiger partial charge in [-0.2, -0.15) is 4.80 Å². The Bertz CT molecular complexity index is 887.